The van der Waals surface area contributed by atoms with Gasteiger partial charge in [-0.05, 0) is 68.6 Å². The molecule has 4 bridgehead atoms. The topological polar surface area (TPSA) is 97.6 Å². The van der Waals surface area contributed by atoms with Gasteiger partial charge in [0.05, 0.1) is 0 Å². The van der Waals surface area contributed by atoms with Crippen molar-refractivity contribution in [3.63, 3.8) is 0 Å². The molecule has 4 aliphatic rings. The van der Waals surface area contributed by atoms with Gasteiger partial charge < -0.3 is 19.8 Å². The molecule has 4 saturated carbocycles. The van der Waals surface area contributed by atoms with Crippen LogP contribution in [0.15, 0.2) is 55.1 Å². The van der Waals surface area contributed by atoms with Crippen molar-refractivity contribution in [1.29, 1.82) is 0 Å². The van der Waals surface area contributed by atoms with Gasteiger partial charge in [0.2, 0.25) is 0 Å². The molecular formula is C24H25N5O3. The smallest absolute Gasteiger partial charge is 0.410 e. The predicted molar refractivity (Wildman–Crippen MR) is 116 cm³/mol. The number of imidazole rings is 1. The second kappa shape index (κ2) is 7.05. The highest BCUT2D eigenvalue weighted by atomic mass is 16.6. The van der Waals surface area contributed by atoms with E-state index in [9.17, 15) is 9.59 Å². The lowest BCUT2D eigenvalue weighted by molar-refractivity contribution is -0.0449. The zero-order valence-electron chi connectivity index (χ0n) is 17.7. The highest BCUT2D eigenvalue weighted by Gasteiger charge is 2.59. The largest absolute Gasteiger partial charge is 0.413 e. The number of pyridine rings is 2. The van der Waals surface area contributed by atoms with Gasteiger partial charge >= 0.3 is 6.09 Å². The summed E-state index contributed by atoms with van der Waals surface area (Å²) < 4.78 is 7.47. The van der Waals surface area contributed by atoms with Crippen LogP contribution >= 0.6 is 0 Å². The summed E-state index contributed by atoms with van der Waals surface area (Å²) in [6.45, 7) is 0. The van der Waals surface area contributed by atoms with Crippen LogP contribution in [0.2, 0.25) is 0 Å². The second-order valence-electron chi connectivity index (χ2n) is 9.76. The van der Waals surface area contributed by atoms with Crippen molar-refractivity contribution >= 4 is 17.6 Å². The number of hydrogen-bond donors (Lipinski definition) is 2. The fraction of sp³-hybridized carbons (Fsp3) is 0.417. The number of amides is 2. The standard InChI is InChI=1S/C24H25N5O3/c30-21(19-3-1-2-5-25-19)27-23-11-16-9-17(12-23)14-24(13-16,15-23)28-22(31)32-18-4-7-29-8-6-26-20(29)10-18/h1-8,10,16-17H,9,11-15H2,(H,27,30)(H,28,31). The Hall–Kier alpha value is -3.42. The molecule has 8 heteroatoms. The average molecular weight is 431 g/mol. The first kappa shape index (κ1) is 19.3. The minimum Gasteiger partial charge on any atom is -0.410 e. The molecule has 2 unspecified atom stereocenters. The van der Waals surface area contributed by atoms with Gasteiger partial charge in [-0.15, -0.1) is 0 Å². The number of rotatable bonds is 4. The fourth-order valence-electron chi connectivity index (χ4n) is 6.66. The Labute approximate surface area is 185 Å². The van der Waals surface area contributed by atoms with E-state index in [1.54, 1.807) is 36.7 Å². The Kier molecular flexibility index (Phi) is 4.25. The molecule has 32 heavy (non-hydrogen) atoms. The molecule has 0 aromatic carbocycles. The first-order valence-electron chi connectivity index (χ1n) is 11.2. The predicted octanol–water partition coefficient (Wildman–Crippen LogP) is 3.34. The van der Waals surface area contributed by atoms with Crippen molar-refractivity contribution in [3.05, 3.63) is 60.8 Å². The van der Waals surface area contributed by atoms with E-state index >= 15 is 0 Å². The highest BCUT2D eigenvalue weighted by molar-refractivity contribution is 5.92. The lowest BCUT2D eigenvalue weighted by Crippen LogP contribution is -2.70. The zero-order valence-corrected chi connectivity index (χ0v) is 17.7. The van der Waals surface area contributed by atoms with Crippen LogP contribution in [0.1, 0.15) is 49.0 Å². The Morgan fingerprint density at radius 2 is 1.75 bits per heavy atom. The Bertz CT molecular complexity index is 1180. The number of nitrogens with one attached hydrogen (secondary N) is 2. The molecule has 7 rings (SSSR count). The van der Waals surface area contributed by atoms with Gasteiger partial charge in [-0.1, -0.05) is 6.07 Å². The molecule has 0 radical (unpaired) electrons. The van der Waals surface area contributed by atoms with E-state index in [1.165, 1.54) is 0 Å². The minimum atomic E-state index is -0.450. The van der Waals surface area contributed by atoms with Crippen LogP contribution in [0.4, 0.5) is 4.79 Å². The molecule has 164 valence electrons. The first-order valence-corrected chi connectivity index (χ1v) is 11.2. The highest BCUT2D eigenvalue weighted by Crippen LogP contribution is 2.57. The molecule has 3 aromatic heterocycles. The molecular weight excluding hydrogens is 406 g/mol. The molecule has 0 saturated heterocycles. The summed E-state index contributed by atoms with van der Waals surface area (Å²) in [5.41, 5.74) is 0.497. The van der Waals surface area contributed by atoms with Gasteiger partial charge in [0.25, 0.3) is 5.91 Å². The molecule has 0 aliphatic heterocycles. The molecule has 4 aliphatic carbocycles. The van der Waals surface area contributed by atoms with E-state index in [2.05, 4.69) is 20.6 Å². The number of carbonyl (C=O) groups excluding carboxylic acids is 2. The Balaban J connectivity index is 1.19. The number of hydrogen-bond acceptors (Lipinski definition) is 5. The normalized spacial score (nSPS) is 30.2. The summed E-state index contributed by atoms with van der Waals surface area (Å²) in [6.07, 6.45) is 12.2. The van der Waals surface area contributed by atoms with Crippen molar-refractivity contribution in [2.24, 2.45) is 11.8 Å². The summed E-state index contributed by atoms with van der Waals surface area (Å²) >= 11 is 0. The van der Waals surface area contributed by atoms with E-state index in [-0.39, 0.29) is 17.0 Å². The van der Waals surface area contributed by atoms with Gasteiger partial charge in [-0.3, -0.25) is 9.78 Å². The average Bonchev–Trinajstić information content (AvgIpc) is 3.20. The van der Waals surface area contributed by atoms with E-state index in [4.69, 9.17) is 4.74 Å². The maximum atomic E-state index is 12.9. The number of aromatic nitrogens is 3. The van der Waals surface area contributed by atoms with Gasteiger partial charge in [-0.25, -0.2) is 9.78 Å². The molecule has 4 fully saturated rings. The lowest BCUT2D eigenvalue weighted by atomic mass is 9.50. The van der Waals surface area contributed by atoms with Crippen LogP contribution in [-0.2, 0) is 0 Å². The number of carbonyl (C=O) groups is 2. The van der Waals surface area contributed by atoms with Gasteiger partial charge in [-0.2, -0.15) is 0 Å². The SMILES string of the molecule is O=C(NC12CC3CC(C1)CC(NC(=O)c1ccccn1)(C3)C2)Oc1ccn2ccnc2c1. The van der Waals surface area contributed by atoms with Crippen LogP contribution in [0.25, 0.3) is 5.65 Å². The quantitative estimate of drug-likeness (QED) is 0.660. The van der Waals surface area contributed by atoms with Crippen LogP contribution < -0.4 is 15.4 Å². The molecule has 2 N–H and O–H groups in total. The van der Waals surface area contributed by atoms with E-state index in [1.807, 2.05) is 22.9 Å². The summed E-state index contributed by atoms with van der Waals surface area (Å²) in [5, 5.41) is 6.50. The van der Waals surface area contributed by atoms with Crippen molar-refractivity contribution in [2.45, 2.75) is 49.6 Å². The Morgan fingerprint density at radius 3 is 2.50 bits per heavy atom. The molecule has 0 spiro atoms. The maximum absolute atomic E-state index is 12.9. The fourth-order valence-corrected chi connectivity index (χ4v) is 6.66. The number of ether oxygens (including phenoxy) is 1. The van der Waals surface area contributed by atoms with Crippen molar-refractivity contribution in [2.75, 3.05) is 0 Å². The van der Waals surface area contributed by atoms with Crippen LogP contribution in [0, 0.1) is 11.8 Å². The Morgan fingerprint density at radius 1 is 0.969 bits per heavy atom. The third-order valence-corrected chi connectivity index (χ3v) is 7.28. The maximum Gasteiger partial charge on any atom is 0.413 e. The third-order valence-electron chi connectivity index (χ3n) is 7.28. The third kappa shape index (κ3) is 3.39. The second-order valence-corrected chi connectivity index (χ2v) is 9.76. The van der Waals surface area contributed by atoms with Gasteiger partial charge in [0.1, 0.15) is 17.1 Å². The minimum absolute atomic E-state index is 0.140. The van der Waals surface area contributed by atoms with E-state index in [0.29, 0.717) is 23.3 Å². The molecule has 3 heterocycles. The van der Waals surface area contributed by atoms with Crippen LogP contribution in [0.5, 0.6) is 5.75 Å². The van der Waals surface area contributed by atoms with Crippen molar-refractivity contribution in [1.82, 2.24) is 25.0 Å². The zero-order chi connectivity index (χ0) is 21.8. The molecule has 3 aromatic rings. The molecule has 2 atom stereocenters. The number of fused-ring (bicyclic) bond motifs is 1. The number of nitrogens with zero attached hydrogens (tertiary/aromatic N) is 3. The summed E-state index contributed by atoms with van der Waals surface area (Å²) in [4.78, 5) is 34.2. The molecule has 2 amide bonds. The monoisotopic (exact) mass is 431 g/mol. The summed E-state index contributed by atoms with van der Waals surface area (Å²) in [6, 6.07) is 8.85. The first-order chi connectivity index (χ1) is 15.5. The van der Waals surface area contributed by atoms with Crippen LogP contribution in [-0.4, -0.2) is 37.4 Å². The van der Waals surface area contributed by atoms with Crippen molar-refractivity contribution in [3.8, 4) is 5.75 Å². The van der Waals surface area contributed by atoms with Gasteiger partial charge in [0, 0.05) is 41.9 Å². The van der Waals surface area contributed by atoms with E-state index < -0.39 is 6.09 Å². The van der Waals surface area contributed by atoms with Crippen molar-refractivity contribution < 1.29 is 14.3 Å². The van der Waals surface area contributed by atoms with E-state index in [0.717, 1.165) is 44.2 Å². The summed E-state index contributed by atoms with van der Waals surface area (Å²) in [5.74, 6) is 1.30. The lowest BCUT2D eigenvalue weighted by Gasteiger charge is -2.62. The van der Waals surface area contributed by atoms with Gasteiger partial charge in [0.15, 0.2) is 0 Å². The molecule has 8 nitrogen and oxygen atoms in total. The summed E-state index contributed by atoms with van der Waals surface area (Å²) in [7, 11) is 0. The van der Waals surface area contributed by atoms with Crippen LogP contribution in [0.3, 0.4) is 0 Å².